The molecule has 0 aliphatic heterocycles. The molecule has 1 atom stereocenters. The molecule has 0 radical (unpaired) electrons. The average Bonchev–Trinajstić information content (AvgIpc) is 2.66. The highest BCUT2D eigenvalue weighted by molar-refractivity contribution is 7.21. The van der Waals surface area contributed by atoms with Crippen LogP contribution in [0.15, 0.2) is 24.3 Å². The van der Waals surface area contributed by atoms with Gasteiger partial charge in [-0.2, -0.15) is 0 Å². The maximum Gasteiger partial charge on any atom is 0.264 e. The second-order valence-electron chi connectivity index (χ2n) is 4.59. The Labute approximate surface area is 111 Å². The molecule has 0 saturated carbocycles. The van der Waals surface area contributed by atoms with Crippen LogP contribution in [0.2, 0.25) is 0 Å². The number of aliphatic hydroxyl groups excluding tert-OH is 1. The van der Waals surface area contributed by atoms with Gasteiger partial charge in [-0.1, -0.05) is 18.2 Å². The Morgan fingerprint density at radius 3 is 2.72 bits per heavy atom. The number of amides is 1. The number of thiophene rings is 1. The molecule has 0 aliphatic rings. The predicted octanol–water partition coefficient (Wildman–Crippen LogP) is 2.66. The first-order valence-electron chi connectivity index (χ1n) is 5.92. The first-order valence-corrected chi connectivity index (χ1v) is 6.74. The standard InChI is InChI=1S/C14H17NO2S/c1-9(16)8-15(3)14(17)13-10(2)11-6-4-5-7-12(11)18-13/h4-7,9,16H,8H2,1-3H3. The Kier molecular flexibility index (Phi) is 3.68. The molecule has 0 fully saturated rings. The predicted molar refractivity (Wildman–Crippen MR) is 75.2 cm³/mol. The molecule has 1 heterocycles. The van der Waals surface area contributed by atoms with Gasteiger partial charge in [-0.25, -0.2) is 0 Å². The lowest BCUT2D eigenvalue weighted by atomic mass is 10.1. The molecule has 0 spiro atoms. The highest BCUT2D eigenvalue weighted by Gasteiger charge is 2.19. The Morgan fingerprint density at radius 2 is 2.11 bits per heavy atom. The van der Waals surface area contributed by atoms with E-state index in [9.17, 15) is 9.90 Å². The van der Waals surface area contributed by atoms with E-state index in [1.54, 1.807) is 18.9 Å². The molecule has 0 saturated heterocycles. The van der Waals surface area contributed by atoms with Crippen LogP contribution in [-0.4, -0.2) is 35.6 Å². The van der Waals surface area contributed by atoms with Crippen LogP contribution in [0, 0.1) is 6.92 Å². The molecule has 1 N–H and O–H groups in total. The number of rotatable bonds is 3. The van der Waals surface area contributed by atoms with Crippen molar-refractivity contribution < 1.29 is 9.90 Å². The smallest absolute Gasteiger partial charge is 0.264 e. The van der Waals surface area contributed by atoms with E-state index in [-0.39, 0.29) is 5.91 Å². The molecule has 0 aliphatic carbocycles. The first kappa shape index (κ1) is 13.1. The van der Waals surface area contributed by atoms with E-state index >= 15 is 0 Å². The number of carbonyl (C=O) groups is 1. The molecule has 4 heteroatoms. The zero-order valence-corrected chi connectivity index (χ0v) is 11.6. The zero-order chi connectivity index (χ0) is 13.3. The van der Waals surface area contributed by atoms with E-state index in [0.717, 1.165) is 20.5 Å². The molecule has 1 aromatic carbocycles. The summed E-state index contributed by atoms with van der Waals surface area (Å²) in [5.41, 5.74) is 1.03. The average molecular weight is 263 g/mol. The molecule has 18 heavy (non-hydrogen) atoms. The van der Waals surface area contributed by atoms with Gasteiger partial charge in [0.25, 0.3) is 5.91 Å². The Balaban J connectivity index is 2.36. The third-order valence-corrected chi connectivity index (χ3v) is 4.18. The number of nitrogens with zero attached hydrogens (tertiary/aromatic N) is 1. The first-order chi connectivity index (χ1) is 8.50. The van der Waals surface area contributed by atoms with Gasteiger partial charge in [-0.05, 0) is 30.9 Å². The van der Waals surface area contributed by atoms with Gasteiger partial charge in [0, 0.05) is 18.3 Å². The number of likely N-dealkylation sites (N-methyl/N-ethyl adjacent to an activating group) is 1. The van der Waals surface area contributed by atoms with Gasteiger partial charge in [0.2, 0.25) is 0 Å². The number of fused-ring (bicyclic) bond motifs is 1. The van der Waals surface area contributed by atoms with Crippen LogP contribution < -0.4 is 0 Å². The summed E-state index contributed by atoms with van der Waals surface area (Å²) < 4.78 is 1.13. The van der Waals surface area contributed by atoms with Crippen molar-refractivity contribution in [2.75, 3.05) is 13.6 Å². The van der Waals surface area contributed by atoms with Crippen molar-refractivity contribution in [3.63, 3.8) is 0 Å². The number of carbonyl (C=O) groups excluding carboxylic acids is 1. The minimum Gasteiger partial charge on any atom is -0.392 e. The molecule has 1 amide bonds. The highest BCUT2D eigenvalue weighted by Crippen LogP contribution is 2.31. The summed E-state index contributed by atoms with van der Waals surface area (Å²) in [6.45, 7) is 4.01. The van der Waals surface area contributed by atoms with Crippen LogP contribution >= 0.6 is 11.3 Å². The van der Waals surface area contributed by atoms with Gasteiger partial charge in [-0.3, -0.25) is 4.79 Å². The van der Waals surface area contributed by atoms with Gasteiger partial charge >= 0.3 is 0 Å². The number of aliphatic hydroxyl groups is 1. The third-order valence-electron chi connectivity index (χ3n) is 2.92. The van der Waals surface area contributed by atoms with E-state index in [4.69, 9.17) is 0 Å². The van der Waals surface area contributed by atoms with Crippen LogP contribution in [0.25, 0.3) is 10.1 Å². The van der Waals surface area contributed by atoms with Crippen molar-refractivity contribution >= 4 is 27.3 Å². The van der Waals surface area contributed by atoms with Crippen molar-refractivity contribution in [2.24, 2.45) is 0 Å². The minimum absolute atomic E-state index is 0.0189. The second-order valence-corrected chi connectivity index (χ2v) is 5.64. The second kappa shape index (κ2) is 5.08. The molecule has 1 aromatic heterocycles. The Bertz CT molecular complexity index is 574. The van der Waals surface area contributed by atoms with E-state index in [1.807, 2.05) is 31.2 Å². The summed E-state index contributed by atoms with van der Waals surface area (Å²) in [4.78, 5) is 14.6. The zero-order valence-electron chi connectivity index (χ0n) is 10.8. The molecule has 3 nitrogen and oxygen atoms in total. The summed E-state index contributed by atoms with van der Waals surface area (Å²) in [6.07, 6.45) is -0.506. The quantitative estimate of drug-likeness (QED) is 0.925. The van der Waals surface area contributed by atoms with E-state index in [2.05, 4.69) is 0 Å². The van der Waals surface area contributed by atoms with Crippen molar-refractivity contribution in [1.82, 2.24) is 4.90 Å². The lowest BCUT2D eigenvalue weighted by Crippen LogP contribution is -2.32. The Morgan fingerprint density at radius 1 is 1.44 bits per heavy atom. The van der Waals surface area contributed by atoms with Crippen LogP contribution in [0.1, 0.15) is 22.2 Å². The van der Waals surface area contributed by atoms with Crippen molar-refractivity contribution in [1.29, 1.82) is 0 Å². The highest BCUT2D eigenvalue weighted by atomic mass is 32.1. The van der Waals surface area contributed by atoms with E-state index < -0.39 is 6.10 Å². The van der Waals surface area contributed by atoms with Crippen LogP contribution in [-0.2, 0) is 0 Å². The van der Waals surface area contributed by atoms with Crippen molar-refractivity contribution in [2.45, 2.75) is 20.0 Å². The molecule has 0 bridgehead atoms. The van der Waals surface area contributed by atoms with Crippen molar-refractivity contribution in [3.8, 4) is 0 Å². The summed E-state index contributed by atoms with van der Waals surface area (Å²) in [5.74, 6) is -0.0189. The molecular weight excluding hydrogens is 246 g/mol. The fourth-order valence-corrected chi connectivity index (χ4v) is 3.23. The van der Waals surface area contributed by atoms with Gasteiger partial charge in [0.05, 0.1) is 11.0 Å². The topological polar surface area (TPSA) is 40.5 Å². The SMILES string of the molecule is Cc1c(C(=O)N(C)CC(C)O)sc2ccccc12. The summed E-state index contributed by atoms with van der Waals surface area (Å²) in [5, 5.41) is 10.5. The molecular formula is C14H17NO2S. The molecule has 1 unspecified atom stereocenters. The number of aryl methyl sites for hydroxylation is 1. The van der Waals surface area contributed by atoms with Crippen molar-refractivity contribution in [3.05, 3.63) is 34.7 Å². The van der Waals surface area contributed by atoms with Crippen LogP contribution in [0.5, 0.6) is 0 Å². The maximum absolute atomic E-state index is 12.3. The summed E-state index contributed by atoms with van der Waals surface area (Å²) in [7, 11) is 1.72. The fourth-order valence-electron chi connectivity index (χ4n) is 2.03. The van der Waals surface area contributed by atoms with Crippen LogP contribution in [0.3, 0.4) is 0 Å². The minimum atomic E-state index is -0.506. The summed E-state index contributed by atoms with van der Waals surface area (Å²) in [6, 6.07) is 8.02. The largest absolute Gasteiger partial charge is 0.392 e. The van der Waals surface area contributed by atoms with Gasteiger partial charge in [0.15, 0.2) is 0 Å². The lowest BCUT2D eigenvalue weighted by molar-refractivity contribution is 0.0708. The molecule has 96 valence electrons. The number of hydrogen-bond acceptors (Lipinski definition) is 3. The Hall–Kier alpha value is -1.39. The van der Waals surface area contributed by atoms with E-state index in [1.165, 1.54) is 11.3 Å². The van der Waals surface area contributed by atoms with Gasteiger partial charge in [0.1, 0.15) is 0 Å². The van der Waals surface area contributed by atoms with Gasteiger partial charge in [-0.15, -0.1) is 11.3 Å². The van der Waals surface area contributed by atoms with E-state index in [0.29, 0.717) is 6.54 Å². The van der Waals surface area contributed by atoms with Gasteiger partial charge < -0.3 is 10.0 Å². The fraction of sp³-hybridized carbons (Fsp3) is 0.357. The molecule has 2 aromatic rings. The van der Waals surface area contributed by atoms with Crippen LogP contribution in [0.4, 0.5) is 0 Å². The summed E-state index contributed by atoms with van der Waals surface area (Å²) >= 11 is 1.51. The lowest BCUT2D eigenvalue weighted by Gasteiger charge is -2.18. The third kappa shape index (κ3) is 2.40. The number of benzene rings is 1. The normalized spacial score (nSPS) is 12.7. The monoisotopic (exact) mass is 263 g/mol. The number of hydrogen-bond donors (Lipinski definition) is 1. The maximum atomic E-state index is 12.3. The molecule has 2 rings (SSSR count).